The monoisotopic (exact) mass is 394 g/mol. The molecule has 2 aliphatic carbocycles. The SMILES string of the molecule is C=CC1CCC(CCC2CCC(c3ccc(COCC=CCC)cc3)CC2)CC1. The zero-order valence-corrected chi connectivity index (χ0v) is 18.7. The quantitative estimate of drug-likeness (QED) is 0.287. The standard InChI is InChI=1S/C28H42O/c1-3-5-6-21-29-22-26-15-19-28(20-16-26)27-17-13-25(14-18-27)12-11-24-9-7-23(4-2)8-10-24/h4-6,15-16,19-20,23-25,27H,2-3,7-14,17-18,21-22H2,1H3. The number of benzene rings is 1. The minimum atomic E-state index is 0.718. The molecule has 0 spiro atoms. The third-order valence-electron chi connectivity index (χ3n) is 7.39. The molecule has 160 valence electrons. The molecule has 0 unspecified atom stereocenters. The van der Waals surface area contributed by atoms with Crippen molar-refractivity contribution in [3.8, 4) is 0 Å². The van der Waals surface area contributed by atoms with Crippen LogP contribution in [-0.2, 0) is 11.3 Å². The molecule has 1 aromatic rings. The molecule has 0 heterocycles. The van der Waals surface area contributed by atoms with E-state index in [0.717, 1.165) is 43.3 Å². The smallest absolute Gasteiger partial charge is 0.0721 e. The van der Waals surface area contributed by atoms with Crippen molar-refractivity contribution in [2.45, 2.75) is 90.1 Å². The maximum atomic E-state index is 5.72. The fourth-order valence-electron chi connectivity index (χ4n) is 5.33. The van der Waals surface area contributed by atoms with Gasteiger partial charge in [0.1, 0.15) is 0 Å². The average molecular weight is 395 g/mol. The van der Waals surface area contributed by atoms with Crippen molar-refractivity contribution in [3.63, 3.8) is 0 Å². The highest BCUT2D eigenvalue weighted by atomic mass is 16.5. The van der Waals surface area contributed by atoms with Crippen LogP contribution >= 0.6 is 0 Å². The Kier molecular flexibility index (Phi) is 9.54. The molecule has 2 fully saturated rings. The molecule has 1 heteroatoms. The Morgan fingerprint density at radius 1 is 0.862 bits per heavy atom. The highest BCUT2D eigenvalue weighted by Gasteiger charge is 2.24. The first-order valence-electron chi connectivity index (χ1n) is 12.2. The van der Waals surface area contributed by atoms with Gasteiger partial charge < -0.3 is 4.74 Å². The van der Waals surface area contributed by atoms with Crippen LogP contribution in [0.15, 0.2) is 49.1 Å². The van der Waals surface area contributed by atoms with Crippen LogP contribution in [0.1, 0.15) is 94.6 Å². The van der Waals surface area contributed by atoms with Crippen LogP contribution in [0, 0.1) is 17.8 Å². The van der Waals surface area contributed by atoms with Gasteiger partial charge in [-0.05, 0) is 92.6 Å². The second kappa shape index (κ2) is 12.4. The zero-order chi connectivity index (χ0) is 20.3. The van der Waals surface area contributed by atoms with Crippen molar-refractivity contribution in [2.75, 3.05) is 6.61 Å². The molecule has 1 nitrogen and oxygen atoms in total. The molecule has 0 saturated heterocycles. The summed E-state index contributed by atoms with van der Waals surface area (Å²) in [4.78, 5) is 0. The summed E-state index contributed by atoms with van der Waals surface area (Å²) in [6.45, 7) is 7.57. The Bertz CT molecular complexity index is 598. The second-order valence-electron chi connectivity index (χ2n) is 9.45. The number of hydrogen-bond donors (Lipinski definition) is 0. The summed E-state index contributed by atoms with van der Waals surface area (Å²) in [7, 11) is 0. The van der Waals surface area contributed by atoms with E-state index in [-0.39, 0.29) is 0 Å². The van der Waals surface area contributed by atoms with E-state index in [4.69, 9.17) is 4.74 Å². The number of ether oxygens (including phenoxy) is 1. The van der Waals surface area contributed by atoms with Crippen molar-refractivity contribution in [2.24, 2.45) is 17.8 Å². The summed E-state index contributed by atoms with van der Waals surface area (Å²) < 4.78 is 5.72. The van der Waals surface area contributed by atoms with Gasteiger partial charge >= 0.3 is 0 Å². The van der Waals surface area contributed by atoms with Gasteiger partial charge in [0.25, 0.3) is 0 Å². The van der Waals surface area contributed by atoms with Gasteiger partial charge in [-0.25, -0.2) is 0 Å². The zero-order valence-electron chi connectivity index (χ0n) is 18.7. The van der Waals surface area contributed by atoms with Crippen molar-refractivity contribution >= 4 is 0 Å². The maximum absolute atomic E-state index is 5.72. The van der Waals surface area contributed by atoms with E-state index in [1.165, 1.54) is 69.8 Å². The molecular weight excluding hydrogens is 352 g/mol. The van der Waals surface area contributed by atoms with E-state index in [2.05, 4.69) is 56.0 Å². The Morgan fingerprint density at radius 3 is 2.07 bits per heavy atom. The topological polar surface area (TPSA) is 9.23 Å². The van der Waals surface area contributed by atoms with Crippen molar-refractivity contribution < 1.29 is 4.74 Å². The molecule has 0 aromatic heterocycles. The molecule has 0 aliphatic heterocycles. The van der Waals surface area contributed by atoms with Crippen molar-refractivity contribution in [1.29, 1.82) is 0 Å². The van der Waals surface area contributed by atoms with E-state index in [9.17, 15) is 0 Å². The molecule has 1 aromatic carbocycles. The van der Waals surface area contributed by atoms with Gasteiger partial charge in [-0.1, -0.05) is 62.3 Å². The van der Waals surface area contributed by atoms with Crippen molar-refractivity contribution in [3.05, 3.63) is 60.2 Å². The molecule has 29 heavy (non-hydrogen) atoms. The van der Waals surface area contributed by atoms with E-state index in [1.54, 1.807) is 5.56 Å². The first kappa shape index (κ1) is 22.3. The molecule has 0 bridgehead atoms. The van der Waals surface area contributed by atoms with Crippen LogP contribution in [0.25, 0.3) is 0 Å². The summed E-state index contributed by atoms with van der Waals surface area (Å²) in [6, 6.07) is 9.24. The van der Waals surface area contributed by atoms with Crippen LogP contribution in [0.5, 0.6) is 0 Å². The molecular formula is C28H42O. The van der Waals surface area contributed by atoms with Crippen LogP contribution in [0.2, 0.25) is 0 Å². The van der Waals surface area contributed by atoms with Crippen LogP contribution in [-0.4, -0.2) is 6.61 Å². The van der Waals surface area contributed by atoms with Crippen molar-refractivity contribution in [1.82, 2.24) is 0 Å². The van der Waals surface area contributed by atoms with Gasteiger partial charge in [0.15, 0.2) is 0 Å². The maximum Gasteiger partial charge on any atom is 0.0721 e. The fourth-order valence-corrected chi connectivity index (χ4v) is 5.33. The Balaban J connectivity index is 1.33. The van der Waals surface area contributed by atoms with Gasteiger partial charge in [-0.3, -0.25) is 0 Å². The van der Waals surface area contributed by atoms with E-state index in [0.29, 0.717) is 0 Å². The third-order valence-corrected chi connectivity index (χ3v) is 7.39. The fraction of sp³-hybridized carbons (Fsp3) is 0.643. The lowest BCUT2D eigenvalue weighted by Gasteiger charge is -2.31. The first-order valence-corrected chi connectivity index (χ1v) is 12.2. The summed E-state index contributed by atoms with van der Waals surface area (Å²) in [5.41, 5.74) is 2.83. The number of allylic oxidation sites excluding steroid dienone is 2. The van der Waals surface area contributed by atoms with Crippen LogP contribution in [0.3, 0.4) is 0 Å². The largest absolute Gasteiger partial charge is 0.373 e. The predicted octanol–water partition coefficient (Wildman–Crippen LogP) is 8.22. The summed E-state index contributed by atoms with van der Waals surface area (Å²) >= 11 is 0. The van der Waals surface area contributed by atoms with Gasteiger partial charge in [0, 0.05) is 0 Å². The number of hydrogen-bond acceptors (Lipinski definition) is 1. The number of rotatable bonds is 10. The molecule has 0 atom stereocenters. The second-order valence-corrected chi connectivity index (χ2v) is 9.45. The van der Waals surface area contributed by atoms with E-state index >= 15 is 0 Å². The average Bonchev–Trinajstić information content (AvgIpc) is 2.79. The molecule has 0 N–H and O–H groups in total. The van der Waals surface area contributed by atoms with Gasteiger partial charge in [0.2, 0.25) is 0 Å². The highest BCUT2D eigenvalue weighted by Crippen LogP contribution is 2.39. The third kappa shape index (κ3) is 7.45. The van der Waals surface area contributed by atoms with E-state index < -0.39 is 0 Å². The van der Waals surface area contributed by atoms with Gasteiger partial charge in [-0.2, -0.15) is 0 Å². The normalized spacial score (nSPS) is 27.9. The minimum absolute atomic E-state index is 0.718. The lowest BCUT2D eigenvalue weighted by molar-refractivity contribution is 0.148. The molecule has 2 saturated carbocycles. The van der Waals surface area contributed by atoms with Crippen LogP contribution < -0.4 is 0 Å². The molecule has 0 radical (unpaired) electrons. The first-order chi connectivity index (χ1) is 14.3. The lowest BCUT2D eigenvalue weighted by atomic mass is 9.74. The van der Waals surface area contributed by atoms with E-state index in [1.807, 2.05) is 0 Å². The van der Waals surface area contributed by atoms with Gasteiger partial charge in [0.05, 0.1) is 13.2 Å². The molecule has 2 aliphatic rings. The minimum Gasteiger partial charge on any atom is -0.373 e. The highest BCUT2D eigenvalue weighted by molar-refractivity contribution is 5.25. The van der Waals surface area contributed by atoms with Gasteiger partial charge in [-0.15, -0.1) is 6.58 Å². The Labute approximate surface area is 179 Å². The summed E-state index contributed by atoms with van der Waals surface area (Å²) in [5.74, 6) is 3.55. The Morgan fingerprint density at radius 2 is 1.48 bits per heavy atom. The summed E-state index contributed by atoms with van der Waals surface area (Å²) in [6.07, 6.45) is 21.8. The Hall–Kier alpha value is -1.34. The van der Waals surface area contributed by atoms with Crippen LogP contribution in [0.4, 0.5) is 0 Å². The lowest BCUT2D eigenvalue weighted by Crippen LogP contribution is -2.17. The summed E-state index contributed by atoms with van der Waals surface area (Å²) in [5, 5.41) is 0. The predicted molar refractivity (Wildman–Crippen MR) is 125 cm³/mol. The molecule has 3 rings (SSSR count). The molecule has 0 amide bonds.